The average Bonchev–Trinajstić information content (AvgIpc) is 2.86. The summed E-state index contributed by atoms with van der Waals surface area (Å²) < 4.78 is 0. The van der Waals surface area contributed by atoms with E-state index in [0.29, 0.717) is 5.92 Å². The molecule has 0 aromatic heterocycles. The number of rotatable bonds is 0. The summed E-state index contributed by atoms with van der Waals surface area (Å²) in [5, 5.41) is 0. The molecule has 1 aromatic carbocycles. The van der Waals surface area contributed by atoms with Crippen LogP contribution in [-0.4, -0.2) is 0 Å². The topological polar surface area (TPSA) is 0 Å². The van der Waals surface area contributed by atoms with Crippen molar-refractivity contribution in [3.63, 3.8) is 0 Å². The first-order valence-electron chi connectivity index (χ1n) is 7.31. The summed E-state index contributed by atoms with van der Waals surface area (Å²) in [5.74, 6) is 0.496. The molecule has 0 radical (unpaired) electrons. The molecule has 0 heterocycles. The van der Waals surface area contributed by atoms with Crippen molar-refractivity contribution in [3.05, 3.63) is 64.3 Å². The summed E-state index contributed by atoms with van der Waals surface area (Å²) in [5.41, 5.74) is 7.13. The van der Waals surface area contributed by atoms with Crippen molar-refractivity contribution < 1.29 is 26.2 Å². The van der Waals surface area contributed by atoms with E-state index in [-0.39, 0.29) is 31.6 Å². The van der Waals surface area contributed by atoms with Crippen molar-refractivity contribution in [3.8, 4) is 0 Å². The van der Waals surface area contributed by atoms with Gasteiger partial charge in [0.2, 0.25) is 0 Å². The van der Waals surface area contributed by atoms with Crippen molar-refractivity contribution in [1.29, 1.82) is 0 Å². The Morgan fingerprint density at radius 2 is 1.67 bits per heavy atom. The van der Waals surface area contributed by atoms with E-state index in [1.54, 1.807) is 0 Å². The molecule has 0 amide bonds. The Hall–Kier alpha value is -0.677. The zero-order chi connectivity index (χ0) is 14.9. The zero-order valence-electron chi connectivity index (χ0n) is 14.0. The molecule has 0 nitrogen and oxygen atoms in total. The maximum atomic E-state index is 3.44. The molecule has 0 aliphatic heterocycles. The molecule has 2 aliphatic carbocycles. The van der Waals surface area contributed by atoms with Crippen LogP contribution in [-0.2, 0) is 26.2 Å². The average molecular weight is 356 g/mol. The van der Waals surface area contributed by atoms with Gasteiger partial charge in [0.1, 0.15) is 0 Å². The van der Waals surface area contributed by atoms with E-state index in [4.69, 9.17) is 0 Å². The van der Waals surface area contributed by atoms with Gasteiger partial charge in [-0.15, -0.1) is 18.6 Å². The Bertz CT molecular complexity index is 600. The minimum Gasteiger partial charge on any atom is -0.269 e. The molecular formula is C20H24Zr. The summed E-state index contributed by atoms with van der Waals surface area (Å²) in [6.07, 6.45) is 8.76. The summed E-state index contributed by atoms with van der Waals surface area (Å²) in [6, 6.07) is 8.44. The van der Waals surface area contributed by atoms with Crippen LogP contribution in [0.15, 0.2) is 41.0 Å². The Balaban J connectivity index is 0.000000200. The third kappa shape index (κ3) is 3.95. The second-order valence-electron chi connectivity index (χ2n) is 6.29. The fourth-order valence-electron chi connectivity index (χ4n) is 2.75. The summed E-state index contributed by atoms with van der Waals surface area (Å²) in [6.45, 7) is 13.1. The predicted octanol–water partition coefficient (Wildman–Crippen LogP) is 5.73. The first-order chi connectivity index (χ1) is 9.33. The number of benzene rings is 1. The van der Waals surface area contributed by atoms with Gasteiger partial charge in [0.05, 0.1) is 0 Å². The van der Waals surface area contributed by atoms with Gasteiger partial charge in [0.25, 0.3) is 0 Å². The van der Waals surface area contributed by atoms with Crippen LogP contribution in [0.1, 0.15) is 58.6 Å². The summed E-state index contributed by atoms with van der Waals surface area (Å²) in [4.78, 5) is 0. The van der Waals surface area contributed by atoms with Crippen LogP contribution in [0.5, 0.6) is 0 Å². The largest absolute Gasteiger partial charge is 2.00 e. The molecule has 0 fully saturated rings. The van der Waals surface area contributed by atoms with Crippen LogP contribution >= 0.6 is 0 Å². The second kappa shape index (κ2) is 7.06. The summed E-state index contributed by atoms with van der Waals surface area (Å²) in [7, 11) is 0. The van der Waals surface area contributed by atoms with Crippen molar-refractivity contribution in [2.45, 2.75) is 47.5 Å². The van der Waals surface area contributed by atoms with Gasteiger partial charge < -0.3 is 0 Å². The fraction of sp³-hybridized carbons (Fsp3) is 0.400. The Labute approximate surface area is 149 Å². The van der Waals surface area contributed by atoms with Crippen molar-refractivity contribution in [1.82, 2.24) is 0 Å². The minimum atomic E-state index is 0. The fourth-order valence-corrected chi connectivity index (χ4v) is 2.75. The molecule has 1 atom stereocenters. The molecule has 1 unspecified atom stereocenters. The monoisotopic (exact) mass is 354 g/mol. The van der Waals surface area contributed by atoms with Crippen LogP contribution in [0.25, 0.3) is 6.08 Å². The summed E-state index contributed by atoms with van der Waals surface area (Å²) >= 11 is 0. The normalized spacial score (nSPS) is 21.2. The molecule has 1 aromatic rings. The molecule has 0 bridgehead atoms. The van der Waals surface area contributed by atoms with Gasteiger partial charge in [-0.3, -0.25) is 12.2 Å². The third-order valence-corrected chi connectivity index (χ3v) is 4.51. The van der Waals surface area contributed by atoms with Crippen molar-refractivity contribution in [2.75, 3.05) is 0 Å². The third-order valence-electron chi connectivity index (χ3n) is 4.51. The molecular weight excluding hydrogens is 331 g/mol. The maximum Gasteiger partial charge on any atom is 2.00 e. The predicted molar refractivity (Wildman–Crippen MR) is 87.1 cm³/mol. The second-order valence-corrected chi connectivity index (χ2v) is 6.29. The van der Waals surface area contributed by atoms with Crippen molar-refractivity contribution >= 4 is 6.08 Å². The standard InChI is InChI=1S/C10H9.C10H15.Zr/c1-8-6-7-9-4-2-3-5-10(8)9;1-7-6-10(4,5)9(3)8(7)2;/h2-5,7-8H,1H3;1-5H3;/q2*-1;+2. The first kappa shape index (κ1) is 18.4. The van der Waals surface area contributed by atoms with Gasteiger partial charge in [-0.05, 0) is 0 Å². The van der Waals surface area contributed by atoms with E-state index in [1.807, 2.05) is 0 Å². The quantitative estimate of drug-likeness (QED) is 0.521. The molecule has 21 heavy (non-hydrogen) atoms. The molecule has 0 spiro atoms. The van der Waals surface area contributed by atoms with Gasteiger partial charge in [0, 0.05) is 0 Å². The van der Waals surface area contributed by atoms with E-state index in [1.165, 1.54) is 27.8 Å². The molecule has 0 saturated carbocycles. The van der Waals surface area contributed by atoms with Crippen molar-refractivity contribution in [2.24, 2.45) is 5.41 Å². The number of hydrogen-bond acceptors (Lipinski definition) is 0. The van der Waals surface area contributed by atoms with Crippen LogP contribution in [0.4, 0.5) is 0 Å². The smallest absolute Gasteiger partial charge is 0.269 e. The van der Waals surface area contributed by atoms with Crippen LogP contribution < -0.4 is 0 Å². The number of hydrogen-bond donors (Lipinski definition) is 0. The molecule has 108 valence electrons. The Morgan fingerprint density at radius 1 is 1.05 bits per heavy atom. The minimum absolute atomic E-state index is 0. The molecule has 2 aliphatic rings. The van der Waals surface area contributed by atoms with Crippen LogP contribution in [0.3, 0.4) is 0 Å². The zero-order valence-corrected chi connectivity index (χ0v) is 16.4. The van der Waals surface area contributed by atoms with Gasteiger partial charge in [-0.2, -0.15) is 16.7 Å². The van der Waals surface area contributed by atoms with E-state index in [9.17, 15) is 0 Å². The van der Waals surface area contributed by atoms with E-state index < -0.39 is 0 Å². The number of allylic oxidation sites excluding steroid dienone is 5. The van der Waals surface area contributed by atoms with Gasteiger partial charge in [-0.25, -0.2) is 11.6 Å². The molecule has 0 saturated heterocycles. The Morgan fingerprint density at radius 3 is 2.10 bits per heavy atom. The van der Waals surface area contributed by atoms with Crippen LogP contribution in [0, 0.1) is 17.6 Å². The Kier molecular flexibility index (Phi) is 6.17. The molecule has 0 N–H and O–H groups in total. The van der Waals surface area contributed by atoms with Crippen LogP contribution in [0.2, 0.25) is 0 Å². The number of fused-ring (bicyclic) bond motifs is 1. The van der Waals surface area contributed by atoms with Gasteiger partial charge >= 0.3 is 26.2 Å². The van der Waals surface area contributed by atoms with Gasteiger partial charge in [0.15, 0.2) is 0 Å². The molecule has 1 heteroatoms. The van der Waals surface area contributed by atoms with E-state index in [0.717, 1.165) is 0 Å². The van der Waals surface area contributed by atoms with E-state index >= 15 is 0 Å². The first-order valence-corrected chi connectivity index (χ1v) is 7.31. The molecule has 3 rings (SSSR count). The van der Waals surface area contributed by atoms with Gasteiger partial charge in [-0.1, -0.05) is 64.2 Å². The van der Waals surface area contributed by atoms with E-state index in [2.05, 4.69) is 84.0 Å². The SMILES string of the molecule is CC1=[C-]C(C)(C)C(C)=C1C.CC1[C-]=Cc2ccccc21.[Zr+2]. The maximum absolute atomic E-state index is 3.44.